The van der Waals surface area contributed by atoms with Crippen molar-refractivity contribution < 1.29 is 5.11 Å². The van der Waals surface area contributed by atoms with Gasteiger partial charge < -0.3 is 5.11 Å². The number of piperidine rings is 1. The van der Waals surface area contributed by atoms with E-state index in [1.165, 1.54) is 12.8 Å². The summed E-state index contributed by atoms with van der Waals surface area (Å²) in [6.07, 6.45) is 3.36. The molecule has 1 aliphatic rings. The third kappa shape index (κ3) is 3.41. The number of likely N-dealkylation sites (tertiary alicyclic amines) is 1. The van der Waals surface area contributed by atoms with Gasteiger partial charge in [-0.2, -0.15) is 0 Å². The molecule has 1 fully saturated rings. The Morgan fingerprint density at radius 3 is 2.92 bits per heavy atom. The van der Waals surface area contributed by atoms with Crippen LogP contribution in [0, 0.1) is 0 Å². The maximum atomic E-state index is 9.57. The molecule has 76 valence electrons. The van der Waals surface area contributed by atoms with Gasteiger partial charge in [-0.25, -0.2) is 0 Å². The molecule has 1 N–H and O–H groups in total. The second-order valence-electron chi connectivity index (χ2n) is 3.79. The van der Waals surface area contributed by atoms with E-state index in [1.54, 1.807) is 0 Å². The SMILES string of the molecule is C=C(Br)CN1CCCC[C@H]1[C@H](C)O. The maximum absolute atomic E-state index is 9.57. The summed E-state index contributed by atoms with van der Waals surface area (Å²) in [5, 5.41) is 9.57. The number of aliphatic hydroxyl groups excluding tert-OH is 1. The summed E-state index contributed by atoms with van der Waals surface area (Å²) in [5.41, 5.74) is 0. The van der Waals surface area contributed by atoms with Gasteiger partial charge in [0.05, 0.1) is 6.10 Å². The fourth-order valence-corrected chi connectivity index (χ4v) is 2.30. The lowest BCUT2D eigenvalue weighted by Gasteiger charge is -2.37. The summed E-state index contributed by atoms with van der Waals surface area (Å²) in [7, 11) is 0. The monoisotopic (exact) mass is 247 g/mol. The second-order valence-corrected chi connectivity index (χ2v) is 4.91. The van der Waals surface area contributed by atoms with Crippen LogP contribution < -0.4 is 0 Å². The zero-order valence-corrected chi connectivity index (χ0v) is 9.76. The van der Waals surface area contributed by atoms with Crippen LogP contribution in [0.5, 0.6) is 0 Å². The minimum Gasteiger partial charge on any atom is -0.392 e. The predicted molar refractivity (Wildman–Crippen MR) is 59.0 cm³/mol. The highest BCUT2D eigenvalue weighted by molar-refractivity contribution is 9.11. The average Bonchev–Trinajstić information content (AvgIpc) is 2.03. The van der Waals surface area contributed by atoms with Gasteiger partial charge in [0.25, 0.3) is 0 Å². The van der Waals surface area contributed by atoms with Gasteiger partial charge in [0.1, 0.15) is 0 Å². The average molecular weight is 248 g/mol. The van der Waals surface area contributed by atoms with Crippen LogP contribution in [0.3, 0.4) is 0 Å². The van der Waals surface area contributed by atoms with E-state index in [9.17, 15) is 5.11 Å². The van der Waals surface area contributed by atoms with E-state index in [0.29, 0.717) is 6.04 Å². The summed E-state index contributed by atoms with van der Waals surface area (Å²) in [6, 6.07) is 0.322. The molecule has 2 atom stereocenters. The molecule has 0 aromatic heterocycles. The molecule has 0 unspecified atom stereocenters. The van der Waals surface area contributed by atoms with Gasteiger partial charge in [-0.1, -0.05) is 28.9 Å². The van der Waals surface area contributed by atoms with Crippen LogP contribution >= 0.6 is 15.9 Å². The molecule has 1 rings (SSSR count). The Morgan fingerprint density at radius 1 is 1.69 bits per heavy atom. The van der Waals surface area contributed by atoms with Crippen molar-refractivity contribution in [2.75, 3.05) is 13.1 Å². The molecule has 13 heavy (non-hydrogen) atoms. The molecular formula is C10H18BrNO. The van der Waals surface area contributed by atoms with Crippen molar-refractivity contribution in [1.82, 2.24) is 4.90 Å². The molecule has 0 aliphatic carbocycles. The summed E-state index contributed by atoms with van der Waals surface area (Å²) >= 11 is 3.37. The highest BCUT2D eigenvalue weighted by Crippen LogP contribution is 2.21. The lowest BCUT2D eigenvalue weighted by molar-refractivity contribution is 0.0435. The van der Waals surface area contributed by atoms with Crippen molar-refractivity contribution >= 4 is 15.9 Å². The summed E-state index contributed by atoms with van der Waals surface area (Å²) in [5.74, 6) is 0. The summed E-state index contributed by atoms with van der Waals surface area (Å²) in [4.78, 5) is 2.31. The van der Waals surface area contributed by atoms with Crippen molar-refractivity contribution in [1.29, 1.82) is 0 Å². The Morgan fingerprint density at radius 2 is 2.38 bits per heavy atom. The van der Waals surface area contributed by atoms with Crippen molar-refractivity contribution in [3.63, 3.8) is 0 Å². The highest BCUT2D eigenvalue weighted by atomic mass is 79.9. The molecule has 0 amide bonds. The third-order valence-corrected chi connectivity index (χ3v) is 2.85. The topological polar surface area (TPSA) is 23.5 Å². The second kappa shape index (κ2) is 5.13. The van der Waals surface area contributed by atoms with E-state index in [2.05, 4.69) is 27.4 Å². The van der Waals surface area contributed by atoms with E-state index < -0.39 is 0 Å². The van der Waals surface area contributed by atoms with E-state index in [1.807, 2.05) is 6.92 Å². The fraction of sp³-hybridized carbons (Fsp3) is 0.800. The van der Waals surface area contributed by atoms with Crippen LogP contribution in [0.15, 0.2) is 11.1 Å². The molecule has 1 aliphatic heterocycles. The molecule has 0 spiro atoms. The van der Waals surface area contributed by atoms with Crippen molar-refractivity contribution in [2.24, 2.45) is 0 Å². The first kappa shape index (κ1) is 11.2. The molecule has 0 saturated carbocycles. The van der Waals surface area contributed by atoms with Crippen LogP contribution in [-0.4, -0.2) is 35.2 Å². The molecule has 0 aromatic rings. The molecule has 0 bridgehead atoms. The minimum atomic E-state index is -0.229. The van der Waals surface area contributed by atoms with E-state index in [0.717, 1.165) is 24.0 Å². The molecule has 0 aromatic carbocycles. The number of hydrogen-bond acceptors (Lipinski definition) is 2. The van der Waals surface area contributed by atoms with Gasteiger partial charge in [0.2, 0.25) is 0 Å². The summed E-state index contributed by atoms with van der Waals surface area (Å²) in [6.45, 7) is 7.65. The number of rotatable bonds is 3. The van der Waals surface area contributed by atoms with Crippen LogP contribution in [0.1, 0.15) is 26.2 Å². The number of aliphatic hydroxyl groups is 1. The Kier molecular flexibility index (Phi) is 4.42. The fourth-order valence-electron chi connectivity index (χ4n) is 1.98. The van der Waals surface area contributed by atoms with Crippen LogP contribution in [0.25, 0.3) is 0 Å². The molecule has 1 heterocycles. The predicted octanol–water partition coefficient (Wildman–Crippen LogP) is 2.13. The van der Waals surface area contributed by atoms with E-state index in [-0.39, 0.29) is 6.10 Å². The molecule has 1 saturated heterocycles. The minimum absolute atomic E-state index is 0.229. The first-order chi connectivity index (χ1) is 6.11. The molecule has 3 heteroatoms. The standard InChI is InChI=1S/C10H18BrNO/c1-8(11)7-12-6-4-3-5-10(12)9(2)13/h9-10,13H,1,3-7H2,2H3/t9-,10-/m0/s1. The molecule has 2 nitrogen and oxygen atoms in total. The zero-order chi connectivity index (χ0) is 9.84. The lowest BCUT2D eigenvalue weighted by Crippen LogP contribution is -2.46. The Bertz CT molecular complexity index is 182. The molecule has 0 radical (unpaired) electrons. The van der Waals surface area contributed by atoms with Crippen molar-refractivity contribution in [2.45, 2.75) is 38.3 Å². The van der Waals surface area contributed by atoms with Crippen LogP contribution in [0.4, 0.5) is 0 Å². The van der Waals surface area contributed by atoms with Crippen LogP contribution in [0.2, 0.25) is 0 Å². The largest absolute Gasteiger partial charge is 0.392 e. The van der Waals surface area contributed by atoms with Crippen molar-refractivity contribution in [3.8, 4) is 0 Å². The first-order valence-electron chi connectivity index (χ1n) is 4.86. The maximum Gasteiger partial charge on any atom is 0.0667 e. The van der Waals surface area contributed by atoms with Gasteiger partial charge in [0.15, 0.2) is 0 Å². The zero-order valence-electron chi connectivity index (χ0n) is 8.17. The Balaban J connectivity index is 2.51. The van der Waals surface area contributed by atoms with Gasteiger partial charge in [-0.3, -0.25) is 4.90 Å². The Labute approximate surface area is 88.7 Å². The smallest absolute Gasteiger partial charge is 0.0667 e. The quantitative estimate of drug-likeness (QED) is 0.827. The first-order valence-corrected chi connectivity index (χ1v) is 5.66. The van der Waals surface area contributed by atoms with Gasteiger partial charge in [-0.15, -0.1) is 0 Å². The third-order valence-electron chi connectivity index (χ3n) is 2.60. The Hall–Kier alpha value is 0.140. The van der Waals surface area contributed by atoms with Crippen molar-refractivity contribution in [3.05, 3.63) is 11.1 Å². The van der Waals surface area contributed by atoms with E-state index >= 15 is 0 Å². The number of hydrogen-bond donors (Lipinski definition) is 1. The number of nitrogens with zero attached hydrogens (tertiary/aromatic N) is 1. The van der Waals surface area contributed by atoms with Crippen LogP contribution in [-0.2, 0) is 0 Å². The molecular weight excluding hydrogens is 230 g/mol. The van der Waals surface area contributed by atoms with Gasteiger partial charge >= 0.3 is 0 Å². The summed E-state index contributed by atoms with van der Waals surface area (Å²) < 4.78 is 1.00. The number of halogens is 1. The normalized spacial score (nSPS) is 27.2. The van der Waals surface area contributed by atoms with E-state index in [4.69, 9.17) is 0 Å². The highest BCUT2D eigenvalue weighted by Gasteiger charge is 2.25. The van der Waals surface area contributed by atoms with Gasteiger partial charge in [-0.05, 0) is 26.3 Å². The lowest BCUT2D eigenvalue weighted by atomic mass is 9.98. The van der Waals surface area contributed by atoms with Gasteiger partial charge in [0, 0.05) is 17.1 Å².